The predicted octanol–water partition coefficient (Wildman–Crippen LogP) is 3.64. The minimum Gasteiger partial charge on any atom is -0.495 e. The van der Waals surface area contributed by atoms with Crippen molar-refractivity contribution in [2.24, 2.45) is 5.73 Å². The van der Waals surface area contributed by atoms with Gasteiger partial charge in [-0.25, -0.2) is 0 Å². The van der Waals surface area contributed by atoms with Gasteiger partial charge in [0.15, 0.2) is 0 Å². The number of benzene rings is 1. The summed E-state index contributed by atoms with van der Waals surface area (Å²) in [6, 6.07) is 0. The fraction of sp³-hybridized carbons (Fsp3) is 0.625. The Balaban J connectivity index is 2.26. The molecule has 0 unspecified atom stereocenters. The van der Waals surface area contributed by atoms with Gasteiger partial charge in [-0.05, 0) is 78.1 Å². The average Bonchev–Trinajstić information content (AvgIpc) is 3.23. The molecule has 0 atom stereocenters. The van der Waals surface area contributed by atoms with E-state index < -0.39 is 0 Å². The van der Waals surface area contributed by atoms with Crippen LogP contribution >= 0.6 is 15.9 Å². The second kappa shape index (κ2) is 4.78. The van der Waals surface area contributed by atoms with E-state index in [1.807, 2.05) is 0 Å². The highest BCUT2D eigenvalue weighted by Gasteiger charge is 2.47. The summed E-state index contributed by atoms with van der Waals surface area (Å²) in [7, 11) is 1.78. The molecule has 3 rings (SSSR count). The van der Waals surface area contributed by atoms with Gasteiger partial charge in [0, 0.05) is 17.5 Å². The molecule has 2 aliphatic carbocycles. The summed E-state index contributed by atoms with van der Waals surface area (Å²) in [6.45, 7) is 3.00. The maximum Gasteiger partial charge on any atom is 0.137 e. The van der Waals surface area contributed by atoms with Crippen molar-refractivity contribution in [3.05, 3.63) is 26.7 Å². The molecule has 1 saturated carbocycles. The van der Waals surface area contributed by atoms with Crippen LogP contribution < -0.4 is 10.5 Å². The van der Waals surface area contributed by atoms with Crippen LogP contribution in [0.15, 0.2) is 4.47 Å². The van der Waals surface area contributed by atoms with Gasteiger partial charge in [-0.3, -0.25) is 0 Å². The number of nitrogens with two attached hydrogens (primary N) is 1. The van der Waals surface area contributed by atoms with Crippen LogP contribution in [0.5, 0.6) is 5.75 Å². The molecule has 1 aromatic rings. The topological polar surface area (TPSA) is 35.2 Å². The quantitative estimate of drug-likeness (QED) is 0.921. The van der Waals surface area contributed by atoms with Crippen LogP contribution in [0.25, 0.3) is 0 Å². The molecule has 0 heterocycles. The van der Waals surface area contributed by atoms with Crippen molar-refractivity contribution in [2.75, 3.05) is 13.7 Å². The third-order valence-corrected chi connectivity index (χ3v) is 5.80. The number of methoxy groups -OCH3 is 1. The molecule has 0 radical (unpaired) electrons. The van der Waals surface area contributed by atoms with Crippen molar-refractivity contribution in [2.45, 2.75) is 50.9 Å². The summed E-state index contributed by atoms with van der Waals surface area (Å²) in [5.41, 5.74) is 12.1. The molecule has 1 fully saturated rings. The minimum absolute atomic E-state index is 0.185. The first-order valence-electron chi connectivity index (χ1n) is 7.23. The largest absolute Gasteiger partial charge is 0.495 e. The van der Waals surface area contributed by atoms with Gasteiger partial charge in [0.25, 0.3) is 0 Å². The summed E-state index contributed by atoms with van der Waals surface area (Å²) in [5.74, 6) is 1.04. The minimum atomic E-state index is 0.185. The monoisotopic (exact) mass is 323 g/mol. The van der Waals surface area contributed by atoms with Crippen molar-refractivity contribution in [3.63, 3.8) is 0 Å². The maximum absolute atomic E-state index is 6.05. The highest BCUT2D eigenvalue weighted by Crippen LogP contribution is 2.55. The molecule has 0 saturated heterocycles. The lowest BCUT2D eigenvalue weighted by Gasteiger charge is -2.28. The van der Waals surface area contributed by atoms with Crippen LogP contribution in [0.3, 0.4) is 0 Å². The van der Waals surface area contributed by atoms with E-state index in [0.717, 1.165) is 12.3 Å². The molecule has 2 N–H and O–H groups in total. The van der Waals surface area contributed by atoms with Gasteiger partial charge in [0.1, 0.15) is 5.75 Å². The molecule has 0 spiro atoms. The van der Waals surface area contributed by atoms with E-state index in [4.69, 9.17) is 10.5 Å². The first-order chi connectivity index (χ1) is 9.14. The van der Waals surface area contributed by atoms with E-state index in [2.05, 4.69) is 22.9 Å². The Kier molecular flexibility index (Phi) is 3.38. The van der Waals surface area contributed by atoms with E-state index in [1.165, 1.54) is 59.7 Å². The fourth-order valence-electron chi connectivity index (χ4n) is 3.67. The number of halogens is 1. The molecule has 3 heteroatoms. The number of hydrogen-bond acceptors (Lipinski definition) is 2. The Morgan fingerprint density at radius 3 is 2.37 bits per heavy atom. The molecule has 0 amide bonds. The summed E-state index contributed by atoms with van der Waals surface area (Å²) < 4.78 is 6.93. The first kappa shape index (κ1) is 13.4. The van der Waals surface area contributed by atoms with Crippen molar-refractivity contribution in [1.82, 2.24) is 0 Å². The van der Waals surface area contributed by atoms with Gasteiger partial charge in [-0.1, -0.05) is 0 Å². The standard InChI is InChI=1S/C16H22BrNO/c1-10-11-5-3-4-6-12(11)14(17)15(19-2)13(10)16(9-18)7-8-16/h3-9,18H2,1-2H3. The lowest BCUT2D eigenvalue weighted by atomic mass is 9.81. The predicted molar refractivity (Wildman–Crippen MR) is 82.0 cm³/mol. The molecule has 1 aromatic carbocycles. The Morgan fingerprint density at radius 1 is 1.21 bits per heavy atom. The Morgan fingerprint density at radius 2 is 1.84 bits per heavy atom. The van der Waals surface area contributed by atoms with E-state index in [9.17, 15) is 0 Å². The maximum atomic E-state index is 6.05. The Hall–Kier alpha value is -0.540. The van der Waals surface area contributed by atoms with E-state index in [1.54, 1.807) is 12.7 Å². The van der Waals surface area contributed by atoms with Crippen LogP contribution in [-0.4, -0.2) is 13.7 Å². The normalized spacial score (nSPS) is 20.0. The lowest BCUT2D eigenvalue weighted by molar-refractivity contribution is 0.399. The zero-order valence-electron chi connectivity index (χ0n) is 11.8. The molecular weight excluding hydrogens is 302 g/mol. The molecular formula is C16H22BrNO. The van der Waals surface area contributed by atoms with Crippen molar-refractivity contribution in [3.8, 4) is 5.75 Å². The highest BCUT2D eigenvalue weighted by molar-refractivity contribution is 9.10. The summed E-state index contributed by atoms with van der Waals surface area (Å²) in [4.78, 5) is 0. The number of ether oxygens (including phenoxy) is 1. The molecule has 0 aliphatic heterocycles. The summed E-state index contributed by atoms with van der Waals surface area (Å²) in [5, 5.41) is 0. The number of rotatable bonds is 3. The zero-order valence-corrected chi connectivity index (χ0v) is 13.4. The van der Waals surface area contributed by atoms with Crippen LogP contribution in [-0.2, 0) is 18.3 Å². The molecule has 104 valence electrons. The Labute approximate surface area is 123 Å². The van der Waals surface area contributed by atoms with Gasteiger partial charge < -0.3 is 10.5 Å². The zero-order chi connectivity index (χ0) is 13.6. The van der Waals surface area contributed by atoms with Crippen molar-refractivity contribution >= 4 is 15.9 Å². The van der Waals surface area contributed by atoms with E-state index >= 15 is 0 Å². The van der Waals surface area contributed by atoms with Crippen molar-refractivity contribution in [1.29, 1.82) is 0 Å². The van der Waals surface area contributed by atoms with Crippen LogP contribution in [0.1, 0.15) is 47.9 Å². The number of hydrogen-bond donors (Lipinski definition) is 1. The fourth-order valence-corrected chi connectivity index (χ4v) is 4.46. The second-order valence-electron chi connectivity index (χ2n) is 6.00. The molecule has 2 aliphatic rings. The van der Waals surface area contributed by atoms with E-state index in [-0.39, 0.29) is 5.41 Å². The highest BCUT2D eigenvalue weighted by atomic mass is 79.9. The summed E-state index contributed by atoms with van der Waals surface area (Å²) in [6.07, 6.45) is 7.37. The number of fused-ring (bicyclic) bond motifs is 1. The van der Waals surface area contributed by atoms with Gasteiger partial charge in [0.05, 0.1) is 11.6 Å². The molecule has 0 bridgehead atoms. The van der Waals surface area contributed by atoms with Gasteiger partial charge in [-0.15, -0.1) is 0 Å². The van der Waals surface area contributed by atoms with E-state index in [0.29, 0.717) is 0 Å². The summed E-state index contributed by atoms with van der Waals surface area (Å²) >= 11 is 3.80. The van der Waals surface area contributed by atoms with Gasteiger partial charge in [-0.2, -0.15) is 0 Å². The lowest BCUT2D eigenvalue weighted by Crippen LogP contribution is -2.23. The van der Waals surface area contributed by atoms with Crippen LogP contribution in [0, 0.1) is 6.92 Å². The van der Waals surface area contributed by atoms with Crippen molar-refractivity contribution < 1.29 is 4.74 Å². The molecule has 19 heavy (non-hydrogen) atoms. The van der Waals surface area contributed by atoms with Gasteiger partial charge >= 0.3 is 0 Å². The second-order valence-corrected chi connectivity index (χ2v) is 6.79. The molecule has 0 aromatic heterocycles. The van der Waals surface area contributed by atoms with Gasteiger partial charge in [0.2, 0.25) is 0 Å². The van der Waals surface area contributed by atoms with Crippen LogP contribution in [0.2, 0.25) is 0 Å². The average molecular weight is 324 g/mol. The first-order valence-corrected chi connectivity index (χ1v) is 8.02. The van der Waals surface area contributed by atoms with Crippen LogP contribution in [0.4, 0.5) is 0 Å². The SMILES string of the molecule is COc1c(Br)c2c(c(C)c1C1(CN)CC1)CCCC2. The smallest absolute Gasteiger partial charge is 0.137 e. The molecule has 2 nitrogen and oxygen atoms in total. The Bertz CT molecular complexity index is 520. The third kappa shape index (κ3) is 1.93. The third-order valence-electron chi connectivity index (χ3n) is 4.97.